The van der Waals surface area contributed by atoms with E-state index >= 15 is 0 Å². The Labute approximate surface area is 177 Å². The first kappa shape index (κ1) is 22.4. The zero-order valence-corrected chi connectivity index (χ0v) is 17.7. The number of aryl methyl sites for hydroxylation is 1. The summed E-state index contributed by atoms with van der Waals surface area (Å²) >= 11 is 0. The zero-order valence-electron chi connectivity index (χ0n) is 16.0. The highest BCUT2D eigenvalue weighted by Gasteiger charge is 2.18. The average Bonchev–Trinajstić information content (AvgIpc) is 2.65. The van der Waals surface area contributed by atoms with Gasteiger partial charge in [-0.05, 0) is 48.2 Å². The molecule has 0 saturated carbocycles. The number of ether oxygens (including phenoxy) is 1. The van der Waals surface area contributed by atoms with Crippen LogP contribution in [0.15, 0.2) is 57.6 Å². The van der Waals surface area contributed by atoms with Gasteiger partial charge in [-0.15, -0.1) is 10.2 Å². The lowest BCUT2D eigenvalue weighted by molar-refractivity contribution is 0.387. The summed E-state index contributed by atoms with van der Waals surface area (Å²) in [6, 6.07) is 9.19. The van der Waals surface area contributed by atoms with Crippen LogP contribution in [0, 0.1) is 6.92 Å². The number of fused-ring (bicyclic) bond motifs is 1. The topological polar surface area (TPSA) is 172 Å². The summed E-state index contributed by atoms with van der Waals surface area (Å²) in [7, 11) is -7.89. The molecule has 13 heteroatoms. The van der Waals surface area contributed by atoms with E-state index < -0.39 is 20.5 Å². The second-order valence-electron chi connectivity index (χ2n) is 6.29. The minimum atomic E-state index is -4.70. The van der Waals surface area contributed by atoms with Crippen molar-refractivity contribution in [3.05, 3.63) is 48.0 Å². The lowest BCUT2D eigenvalue weighted by atomic mass is 10.1. The van der Waals surface area contributed by atoms with Gasteiger partial charge in [0.1, 0.15) is 33.5 Å². The molecule has 0 radical (unpaired) electrons. The van der Waals surface area contributed by atoms with Gasteiger partial charge in [0, 0.05) is 11.5 Å². The molecule has 0 aliphatic carbocycles. The lowest BCUT2D eigenvalue weighted by Gasteiger charge is -2.09. The summed E-state index contributed by atoms with van der Waals surface area (Å²) in [5.74, 6) is -0.364. The minimum absolute atomic E-state index is 0.0190. The van der Waals surface area contributed by atoms with Crippen LogP contribution in [-0.2, 0) is 20.5 Å². The highest BCUT2D eigenvalue weighted by atomic mass is 32.3. The number of aromatic hydroxyl groups is 1. The van der Waals surface area contributed by atoms with Crippen molar-refractivity contribution in [3.63, 3.8) is 0 Å². The van der Waals surface area contributed by atoms with E-state index in [1.165, 1.54) is 50.4 Å². The molecule has 31 heavy (non-hydrogen) atoms. The molecule has 164 valence electrons. The Morgan fingerprint density at radius 1 is 0.935 bits per heavy atom. The number of benzene rings is 3. The van der Waals surface area contributed by atoms with Gasteiger partial charge in [0.15, 0.2) is 0 Å². The molecule has 0 saturated heterocycles. The van der Waals surface area contributed by atoms with Crippen molar-refractivity contribution < 1.29 is 40.0 Å². The van der Waals surface area contributed by atoms with Gasteiger partial charge in [-0.25, -0.2) is 0 Å². The smallest absolute Gasteiger partial charge is 0.446 e. The van der Waals surface area contributed by atoms with E-state index in [-0.39, 0.29) is 39.1 Å². The molecule has 0 aliphatic heterocycles. The van der Waals surface area contributed by atoms with Gasteiger partial charge in [0.2, 0.25) is 0 Å². The molecule has 0 bridgehead atoms. The first-order valence-electron chi connectivity index (χ1n) is 8.39. The van der Waals surface area contributed by atoms with Crippen LogP contribution in [0.4, 0.5) is 11.4 Å². The molecular weight excluding hydrogens is 452 g/mol. The van der Waals surface area contributed by atoms with Crippen LogP contribution in [0.2, 0.25) is 0 Å². The monoisotopic (exact) mass is 468 g/mol. The van der Waals surface area contributed by atoms with E-state index in [1.807, 2.05) is 0 Å². The van der Waals surface area contributed by atoms with Crippen molar-refractivity contribution in [1.29, 1.82) is 0 Å². The normalized spacial score (nSPS) is 12.4. The van der Waals surface area contributed by atoms with Crippen LogP contribution < -0.4 is 8.92 Å². The average molecular weight is 468 g/mol. The Morgan fingerprint density at radius 3 is 2.26 bits per heavy atom. The molecule has 3 aromatic carbocycles. The van der Waals surface area contributed by atoms with E-state index in [2.05, 4.69) is 14.4 Å². The standard InChI is InChI=1S/C18H16N2O9S2/c1-10-7-14(16(28-2)9-17(10)30(22,23)24)19-20-18-13-5-4-12(29-31(25,26)27)8-11(13)3-6-15(18)21/h3-9,21H,1-2H3,(H,22,23,24)(H,25,26,27). The minimum Gasteiger partial charge on any atom is -0.506 e. The van der Waals surface area contributed by atoms with Crippen molar-refractivity contribution in [2.45, 2.75) is 11.8 Å². The van der Waals surface area contributed by atoms with Crippen molar-refractivity contribution in [2.75, 3.05) is 7.11 Å². The highest BCUT2D eigenvalue weighted by molar-refractivity contribution is 7.85. The summed E-state index contributed by atoms with van der Waals surface area (Å²) in [5, 5.41) is 19.1. The van der Waals surface area contributed by atoms with Crippen molar-refractivity contribution in [3.8, 4) is 17.2 Å². The van der Waals surface area contributed by atoms with Crippen LogP contribution in [0.1, 0.15) is 5.56 Å². The third kappa shape index (κ3) is 5.08. The second kappa shape index (κ2) is 8.11. The second-order valence-corrected chi connectivity index (χ2v) is 8.70. The number of azo groups is 1. The van der Waals surface area contributed by atoms with E-state index in [0.29, 0.717) is 10.8 Å². The maximum absolute atomic E-state index is 11.5. The molecule has 3 N–H and O–H groups in total. The highest BCUT2D eigenvalue weighted by Crippen LogP contribution is 2.39. The predicted octanol–water partition coefficient (Wildman–Crippen LogP) is 3.71. The number of phenolic OH excluding ortho intramolecular Hbond substituents is 1. The van der Waals surface area contributed by atoms with Crippen molar-refractivity contribution in [1.82, 2.24) is 0 Å². The molecule has 0 fully saturated rings. The van der Waals surface area contributed by atoms with Crippen LogP contribution in [0.3, 0.4) is 0 Å². The van der Waals surface area contributed by atoms with E-state index in [4.69, 9.17) is 9.29 Å². The van der Waals surface area contributed by atoms with E-state index in [1.54, 1.807) is 0 Å². The summed E-state index contributed by atoms with van der Waals surface area (Å²) in [4.78, 5) is -0.345. The van der Waals surface area contributed by atoms with Crippen LogP contribution in [-0.4, -0.2) is 38.2 Å². The molecule has 0 aliphatic rings. The molecule has 0 spiro atoms. The molecule has 3 aromatic rings. The number of phenols is 1. The Kier molecular flexibility index (Phi) is 5.87. The molecule has 0 atom stereocenters. The molecule has 11 nitrogen and oxygen atoms in total. The molecule has 0 heterocycles. The quantitative estimate of drug-likeness (QED) is 0.360. The van der Waals surface area contributed by atoms with Crippen LogP contribution in [0.25, 0.3) is 10.8 Å². The van der Waals surface area contributed by atoms with Gasteiger partial charge in [-0.2, -0.15) is 16.8 Å². The van der Waals surface area contributed by atoms with Gasteiger partial charge in [-0.3, -0.25) is 9.11 Å². The Bertz CT molecular complexity index is 1420. The molecular formula is C18H16N2O9S2. The van der Waals surface area contributed by atoms with E-state index in [9.17, 15) is 26.5 Å². The van der Waals surface area contributed by atoms with Gasteiger partial charge in [-0.1, -0.05) is 6.07 Å². The first-order chi connectivity index (χ1) is 14.4. The zero-order chi connectivity index (χ0) is 23.0. The molecule has 0 amide bonds. The van der Waals surface area contributed by atoms with Gasteiger partial charge < -0.3 is 14.0 Å². The number of methoxy groups -OCH3 is 1. The fourth-order valence-electron chi connectivity index (χ4n) is 2.84. The number of hydrogen-bond acceptors (Lipinski definition) is 9. The Balaban J connectivity index is 2.09. The third-order valence-corrected chi connectivity index (χ3v) is 5.55. The van der Waals surface area contributed by atoms with Gasteiger partial charge >= 0.3 is 10.4 Å². The van der Waals surface area contributed by atoms with E-state index in [0.717, 1.165) is 6.07 Å². The number of rotatable bonds is 6. The lowest BCUT2D eigenvalue weighted by Crippen LogP contribution is -2.06. The predicted molar refractivity (Wildman–Crippen MR) is 110 cm³/mol. The molecule has 3 rings (SSSR count). The Morgan fingerprint density at radius 2 is 1.65 bits per heavy atom. The van der Waals surface area contributed by atoms with Crippen LogP contribution >= 0.6 is 0 Å². The molecule has 0 unspecified atom stereocenters. The maximum Gasteiger partial charge on any atom is 0.446 e. The van der Waals surface area contributed by atoms with Crippen molar-refractivity contribution >= 4 is 42.7 Å². The summed E-state index contributed by atoms with van der Waals surface area (Å²) in [6.45, 7) is 1.45. The summed E-state index contributed by atoms with van der Waals surface area (Å²) in [6.07, 6.45) is 0. The number of nitrogens with zero attached hydrogens (tertiary/aromatic N) is 2. The first-order valence-corrected chi connectivity index (χ1v) is 11.2. The fourth-order valence-corrected chi connectivity index (χ4v) is 3.90. The largest absolute Gasteiger partial charge is 0.506 e. The third-order valence-electron chi connectivity index (χ3n) is 4.16. The van der Waals surface area contributed by atoms with Gasteiger partial charge in [0.25, 0.3) is 10.1 Å². The summed E-state index contributed by atoms with van der Waals surface area (Å²) < 4.78 is 72.3. The SMILES string of the molecule is COc1cc(S(=O)(=O)O)c(C)cc1N=Nc1c(O)ccc2cc(OS(=O)(=O)O)ccc12. The summed E-state index contributed by atoms with van der Waals surface area (Å²) in [5.41, 5.74) is 0.371. The molecule has 0 aromatic heterocycles. The van der Waals surface area contributed by atoms with Crippen LogP contribution in [0.5, 0.6) is 17.2 Å². The fraction of sp³-hybridized carbons (Fsp3) is 0.111. The van der Waals surface area contributed by atoms with Gasteiger partial charge in [0.05, 0.1) is 7.11 Å². The number of hydrogen-bond donors (Lipinski definition) is 3. The Hall–Kier alpha value is -3.26. The maximum atomic E-state index is 11.5. The van der Waals surface area contributed by atoms with Crippen molar-refractivity contribution in [2.24, 2.45) is 10.2 Å².